The standard InChI is InChI=1S/C9H8ClNO4/c1-14-8(12)5-3-6(9(13)15-2)11-7(10)4-5/h3-4H,1-2H3. The molecule has 0 saturated heterocycles. The van der Waals surface area contributed by atoms with Crippen molar-refractivity contribution < 1.29 is 19.1 Å². The Labute approximate surface area is 91.0 Å². The maximum absolute atomic E-state index is 11.2. The summed E-state index contributed by atoms with van der Waals surface area (Å²) in [5, 5.41) is 0.0262. The number of methoxy groups -OCH3 is 2. The summed E-state index contributed by atoms with van der Waals surface area (Å²) in [5.41, 5.74) is 0.114. The third kappa shape index (κ3) is 2.66. The molecule has 0 bridgehead atoms. The van der Waals surface area contributed by atoms with Gasteiger partial charge in [0.15, 0.2) is 5.69 Å². The fraction of sp³-hybridized carbons (Fsp3) is 0.222. The first-order valence-electron chi connectivity index (χ1n) is 3.92. The highest BCUT2D eigenvalue weighted by Crippen LogP contribution is 2.12. The lowest BCUT2D eigenvalue weighted by atomic mass is 10.2. The molecule has 0 N–H and O–H groups in total. The third-order valence-electron chi connectivity index (χ3n) is 1.61. The zero-order valence-corrected chi connectivity index (χ0v) is 8.87. The quantitative estimate of drug-likeness (QED) is 0.565. The van der Waals surface area contributed by atoms with Gasteiger partial charge in [-0.25, -0.2) is 14.6 Å². The molecule has 0 aliphatic carbocycles. The van der Waals surface area contributed by atoms with Gasteiger partial charge in [-0.2, -0.15) is 0 Å². The van der Waals surface area contributed by atoms with Crippen molar-refractivity contribution in [1.82, 2.24) is 4.98 Å². The number of nitrogens with zero attached hydrogens (tertiary/aromatic N) is 1. The van der Waals surface area contributed by atoms with E-state index in [1.165, 1.54) is 26.4 Å². The number of halogens is 1. The summed E-state index contributed by atoms with van der Waals surface area (Å²) in [6.07, 6.45) is 0. The van der Waals surface area contributed by atoms with Gasteiger partial charge in [-0.3, -0.25) is 0 Å². The largest absolute Gasteiger partial charge is 0.465 e. The van der Waals surface area contributed by atoms with Crippen molar-refractivity contribution in [1.29, 1.82) is 0 Å². The molecule has 1 aromatic rings. The molecule has 5 nitrogen and oxygen atoms in total. The molecule has 1 rings (SSSR count). The van der Waals surface area contributed by atoms with E-state index in [-0.39, 0.29) is 16.4 Å². The van der Waals surface area contributed by atoms with Crippen LogP contribution in [0.15, 0.2) is 12.1 Å². The Morgan fingerprint density at radius 2 is 1.80 bits per heavy atom. The Balaban J connectivity index is 3.16. The van der Waals surface area contributed by atoms with E-state index in [0.29, 0.717) is 0 Å². The van der Waals surface area contributed by atoms with Crippen molar-refractivity contribution in [2.75, 3.05) is 14.2 Å². The normalized spacial score (nSPS) is 9.53. The average molecular weight is 230 g/mol. The van der Waals surface area contributed by atoms with E-state index in [1.54, 1.807) is 0 Å². The number of carbonyl (C=O) groups excluding carboxylic acids is 2. The van der Waals surface area contributed by atoms with Gasteiger partial charge in [0, 0.05) is 0 Å². The fourth-order valence-electron chi connectivity index (χ4n) is 0.942. The first kappa shape index (κ1) is 11.5. The van der Waals surface area contributed by atoms with Gasteiger partial charge in [0.05, 0.1) is 19.8 Å². The van der Waals surface area contributed by atoms with Gasteiger partial charge in [-0.05, 0) is 12.1 Å². The van der Waals surface area contributed by atoms with Crippen molar-refractivity contribution >= 4 is 23.5 Å². The van der Waals surface area contributed by atoms with Crippen LogP contribution >= 0.6 is 11.6 Å². The molecule has 0 aromatic carbocycles. The second-order valence-corrected chi connectivity index (χ2v) is 2.93. The van der Waals surface area contributed by atoms with E-state index in [1.807, 2.05) is 0 Å². The van der Waals surface area contributed by atoms with Gasteiger partial charge in [-0.1, -0.05) is 11.6 Å². The molecule has 0 saturated carbocycles. The second kappa shape index (κ2) is 4.75. The number of hydrogen-bond acceptors (Lipinski definition) is 5. The second-order valence-electron chi connectivity index (χ2n) is 2.55. The number of carbonyl (C=O) groups is 2. The summed E-state index contributed by atoms with van der Waals surface area (Å²) in [6, 6.07) is 2.56. The number of aromatic nitrogens is 1. The van der Waals surface area contributed by atoms with Crippen molar-refractivity contribution in [3.8, 4) is 0 Å². The van der Waals surface area contributed by atoms with Crippen LogP contribution in [0.25, 0.3) is 0 Å². The van der Waals surface area contributed by atoms with Gasteiger partial charge in [-0.15, -0.1) is 0 Å². The molecule has 0 aliphatic rings. The lowest BCUT2D eigenvalue weighted by Crippen LogP contribution is -2.08. The topological polar surface area (TPSA) is 65.5 Å². The van der Waals surface area contributed by atoms with E-state index < -0.39 is 11.9 Å². The van der Waals surface area contributed by atoms with E-state index in [9.17, 15) is 9.59 Å². The summed E-state index contributed by atoms with van der Waals surface area (Å²) in [6.45, 7) is 0. The van der Waals surface area contributed by atoms with Crippen LogP contribution in [0.2, 0.25) is 5.15 Å². The van der Waals surface area contributed by atoms with Crippen LogP contribution in [-0.2, 0) is 9.47 Å². The SMILES string of the molecule is COC(=O)c1cc(Cl)nc(C(=O)OC)c1. The number of esters is 2. The summed E-state index contributed by atoms with van der Waals surface area (Å²) in [5.74, 6) is -1.26. The van der Waals surface area contributed by atoms with Crippen LogP contribution in [0.5, 0.6) is 0 Å². The Morgan fingerprint density at radius 3 is 2.33 bits per heavy atom. The van der Waals surface area contributed by atoms with Crippen LogP contribution in [-0.4, -0.2) is 31.1 Å². The lowest BCUT2D eigenvalue weighted by molar-refractivity contribution is 0.0593. The first-order chi connectivity index (χ1) is 7.08. The van der Waals surface area contributed by atoms with Crippen molar-refractivity contribution in [3.05, 3.63) is 28.5 Å². The molecular weight excluding hydrogens is 222 g/mol. The Kier molecular flexibility index (Phi) is 3.62. The predicted molar refractivity (Wildman–Crippen MR) is 51.9 cm³/mol. The van der Waals surface area contributed by atoms with Crippen LogP contribution in [0.4, 0.5) is 0 Å². The maximum atomic E-state index is 11.2. The van der Waals surface area contributed by atoms with Crippen LogP contribution in [0.1, 0.15) is 20.8 Å². The van der Waals surface area contributed by atoms with E-state index >= 15 is 0 Å². The van der Waals surface area contributed by atoms with Gasteiger partial charge < -0.3 is 9.47 Å². The molecule has 0 spiro atoms. The lowest BCUT2D eigenvalue weighted by Gasteiger charge is -2.02. The molecule has 80 valence electrons. The highest BCUT2D eigenvalue weighted by molar-refractivity contribution is 6.29. The molecule has 1 heterocycles. The molecule has 0 aliphatic heterocycles. The van der Waals surface area contributed by atoms with E-state index in [0.717, 1.165) is 0 Å². The average Bonchev–Trinajstić information content (AvgIpc) is 2.26. The summed E-state index contributed by atoms with van der Waals surface area (Å²) >= 11 is 5.63. The van der Waals surface area contributed by atoms with Crippen molar-refractivity contribution in [2.24, 2.45) is 0 Å². The maximum Gasteiger partial charge on any atom is 0.356 e. The van der Waals surface area contributed by atoms with Crippen LogP contribution < -0.4 is 0 Å². The summed E-state index contributed by atoms with van der Waals surface area (Å²) < 4.78 is 8.93. The summed E-state index contributed by atoms with van der Waals surface area (Å²) in [4.78, 5) is 26.0. The number of rotatable bonds is 2. The van der Waals surface area contributed by atoms with E-state index in [2.05, 4.69) is 14.5 Å². The number of hydrogen-bond donors (Lipinski definition) is 0. The van der Waals surface area contributed by atoms with Gasteiger partial charge in [0.1, 0.15) is 5.15 Å². The van der Waals surface area contributed by atoms with Crippen molar-refractivity contribution in [2.45, 2.75) is 0 Å². The van der Waals surface area contributed by atoms with Crippen molar-refractivity contribution in [3.63, 3.8) is 0 Å². The van der Waals surface area contributed by atoms with Gasteiger partial charge in [0.25, 0.3) is 0 Å². The molecule has 0 amide bonds. The monoisotopic (exact) mass is 229 g/mol. The minimum absolute atomic E-state index is 0.0262. The first-order valence-corrected chi connectivity index (χ1v) is 4.30. The molecule has 0 radical (unpaired) electrons. The Morgan fingerprint density at radius 1 is 1.20 bits per heavy atom. The number of ether oxygens (including phenoxy) is 2. The molecule has 1 aromatic heterocycles. The van der Waals surface area contributed by atoms with Crippen LogP contribution in [0, 0.1) is 0 Å². The molecule has 0 unspecified atom stereocenters. The third-order valence-corrected chi connectivity index (χ3v) is 1.80. The highest BCUT2D eigenvalue weighted by Gasteiger charge is 2.14. The summed E-state index contributed by atoms with van der Waals surface area (Å²) in [7, 11) is 2.44. The number of pyridine rings is 1. The fourth-order valence-corrected chi connectivity index (χ4v) is 1.15. The molecule has 0 fully saturated rings. The molecule has 0 atom stereocenters. The van der Waals surface area contributed by atoms with Gasteiger partial charge in [0.2, 0.25) is 0 Å². The molecular formula is C9H8ClNO4. The van der Waals surface area contributed by atoms with E-state index in [4.69, 9.17) is 11.6 Å². The zero-order valence-electron chi connectivity index (χ0n) is 8.11. The molecule has 6 heteroatoms. The Bertz CT molecular complexity index is 371. The Hall–Kier alpha value is -1.62. The molecule has 15 heavy (non-hydrogen) atoms. The highest BCUT2D eigenvalue weighted by atomic mass is 35.5. The smallest absolute Gasteiger partial charge is 0.356 e. The zero-order chi connectivity index (χ0) is 11.4. The minimum atomic E-state index is -0.664. The predicted octanol–water partition coefficient (Wildman–Crippen LogP) is 1.31. The minimum Gasteiger partial charge on any atom is -0.465 e. The van der Waals surface area contributed by atoms with Crippen LogP contribution in [0.3, 0.4) is 0 Å². The van der Waals surface area contributed by atoms with Gasteiger partial charge >= 0.3 is 11.9 Å².